The molecule has 1 aromatic heterocycles. The molecule has 1 aromatic carbocycles. The number of fused-ring (bicyclic) bond motifs is 2. The van der Waals surface area contributed by atoms with E-state index in [9.17, 15) is 10.1 Å². The maximum absolute atomic E-state index is 12.4. The van der Waals surface area contributed by atoms with E-state index in [2.05, 4.69) is 18.3 Å². The van der Waals surface area contributed by atoms with E-state index >= 15 is 0 Å². The van der Waals surface area contributed by atoms with Crippen LogP contribution in [0.2, 0.25) is 0 Å². The summed E-state index contributed by atoms with van der Waals surface area (Å²) in [6.07, 6.45) is 5.01. The van der Waals surface area contributed by atoms with Crippen molar-refractivity contribution in [2.24, 2.45) is 0 Å². The third kappa shape index (κ3) is 3.65. The number of anilines is 1. The van der Waals surface area contributed by atoms with Crippen molar-refractivity contribution >= 4 is 23.4 Å². The van der Waals surface area contributed by atoms with Gasteiger partial charge >= 0.3 is 0 Å². The molecular formula is C21H21N3O3S. The summed E-state index contributed by atoms with van der Waals surface area (Å²) < 4.78 is 10.6. The predicted molar refractivity (Wildman–Crippen MR) is 107 cm³/mol. The third-order valence-electron chi connectivity index (χ3n) is 5.01. The lowest BCUT2D eigenvalue weighted by molar-refractivity contribution is -0.113. The SMILES string of the molecule is CCc1nc(SCC(=O)Nc2ccc3c(c2)OCO3)c(C#N)c2c1CCCC2. The maximum atomic E-state index is 12.4. The molecule has 2 aromatic rings. The van der Waals surface area contributed by atoms with Crippen LogP contribution in [-0.2, 0) is 24.1 Å². The number of nitriles is 1. The van der Waals surface area contributed by atoms with Gasteiger partial charge in [-0.1, -0.05) is 18.7 Å². The number of aryl methyl sites for hydroxylation is 1. The first-order valence-electron chi connectivity index (χ1n) is 9.46. The van der Waals surface area contributed by atoms with E-state index in [4.69, 9.17) is 14.5 Å². The van der Waals surface area contributed by atoms with E-state index < -0.39 is 0 Å². The van der Waals surface area contributed by atoms with Crippen molar-refractivity contribution in [1.82, 2.24) is 4.98 Å². The molecule has 1 N–H and O–H groups in total. The average molecular weight is 395 g/mol. The molecule has 1 aliphatic carbocycles. The number of aromatic nitrogens is 1. The zero-order valence-electron chi connectivity index (χ0n) is 15.7. The van der Waals surface area contributed by atoms with Gasteiger partial charge in [0.2, 0.25) is 12.7 Å². The molecule has 1 amide bonds. The van der Waals surface area contributed by atoms with Crippen LogP contribution in [0, 0.1) is 11.3 Å². The van der Waals surface area contributed by atoms with Gasteiger partial charge in [0.25, 0.3) is 0 Å². The van der Waals surface area contributed by atoms with Gasteiger partial charge in [-0.05, 0) is 55.4 Å². The Balaban J connectivity index is 1.48. The molecular weight excluding hydrogens is 374 g/mol. The lowest BCUT2D eigenvalue weighted by atomic mass is 9.87. The molecule has 4 rings (SSSR count). The molecule has 1 aliphatic heterocycles. The first kappa shape index (κ1) is 18.6. The van der Waals surface area contributed by atoms with Crippen LogP contribution in [0.25, 0.3) is 0 Å². The maximum Gasteiger partial charge on any atom is 0.234 e. The number of thioether (sulfide) groups is 1. The van der Waals surface area contributed by atoms with Crippen molar-refractivity contribution in [2.45, 2.75) is 44.1 Å². The van der Waals surface area contributed by atoms with Crippen LogP contribution in [0.1, 0.15) is 42.1 Å². The molecule has 0 spiro atoms. The van der Waals surface area contributed by atoms with Crippen LogP contribution in [0.5, 0.6) is 11.5 Å². The van der Waals surface area contributed by atoms with Gasteiger partial charge < -0.3 is 14.8 Å². The molecule has 2 aliphatic rings. The summed E-state index contributed by atoms with van der Waals surface area (Å²) in [7, 11) is 0. The molecule has 0 fully saturated rings. The van der Waals surface area contributed by atoms with Crippen LogP contribution >= 0.6 is 11.8 Å². The number of carbonyl (C=O) groups is 1. The van der Waals surface area contributed by atoms with Crippen LogP contribution in [0.15, 0.2) is 23.2 Å². The lowest BCUT2D eigenvalue weighted by Gasteiger charge is -2.21. The summed E-state index contributed by atoms with van der Waals surface area (Å²) in [6, 6.07) is 7.64. The molecule has 0 radical (unpaired) electrons. The number of pyridine rings is 1. The Hall–Kier alpha value is -2.72. The van der Waals surface area contributed by atoms with E-state index in [1.807, 2.05) is 0 Å². The van der Waals surface area contributed by atoms with Gasteiger partial charge in [0.05, 0.1) is 11.3 Å². The van der Waals surface area contributed by atoms with Gasteiger partial charge in [0.1, 0.15) is 11.1 Å². The summed E-state index contributed by atoms with van der Waals surface area (Å²) in [5.41, 5.74) is 4.75. The number of rotatable bonds is 5. The molecule has 0 saturated carbocycles. The Bertz CT molecular complexity index is 968. The summed E-state index contributed by atoms with van der Waals surface area (Å²) in [6.45, 7) is 2.29. The Labute approximate surface area is 168 Å². The minimum absolute atomic E-state index is 0.148. The van der Waals surface area contributed by atoms with Crippen molar-refractivity contribution in [3.05, 3.63) is 40.6 Å². The fraction of sp³-hybridized carbons (Fsp3) is 0.381. The molecule has 0 unspecified atom stereocenters. The molecule has 144 valence electrons. The van der Waals surface area contributed by atoms with Gasteiger partial charge in [-0.25, -0.2) is 4.98 Å². The standard InChI is InChI=1S/C21H21N3O3S/c1-2-17-15-6-4-3-5-14(15)16(10-22)21(24-17)28-11-20(25)23-13-7-8-18-19(9-13)27-12-26-18/h7-9H,2-6,11-12H2,1H3,(H,23,25). The normalized spacial score (nSPS) is 14.3. The number of benzene rings is 1. The van der Waals surface area contributed by atoms with Gasteiger partial charge in [0, 0.05) is 17.4 Å². The summed E-state index contributed by atoms with van der Waals surface area (Å²) in [5, 5.41) is 13.2. The minimum atomic E-state index is -0.148. The number of carbonyl (C=O) groups excluding carboxylic acids is 1. The van der Waals surface area contributed by atoms with Crippen LogP contribution in [0.4, 0.5) is 5.69 Å². The smallest absolute Gasteiger partial charge is 0.234 e. The predicted octanol–water partition coefficient (Wildman–Crippen LogP) is 3.85. The summed E-state index contributed by atoms with van der Waals surface area (Å²) in [4.78, 5) is 17.1. The molecule has 0 bridgehead atoms. The first-order valence-corrected chi connectivity index (χ1v) is 10.4. The van der Waals surface area contributed by atoms with Crippen molar-refractivity contribution < 1.29 is 14.3 Å². The average Bonchev–Trinajstić information content (AvgIpc) is 3.19. The van der Waals surface area contributed by atoms with E-state index in [1.54, 1.807) is 18.2 Å². The summed E-state index contributed by atoms with van der Waals surface area (Å²) in [5.74, 6) is 1.35. The lowest BCUT2D eigenvalue weighted by Crippen LogP contribution is -2.16. The zero-order valence-corrected chi connectivity index (χ0v) is 16.5. The van der Waals surface area contributed by atoms with Crippen molar-refractivity contribution in [2.75, 3.05) is 17.9 Å². The zero-order chi connectivity index (χ0) is 19.5. The van der Waals surface area contributed by atoms with Gasteiger partial charge in [0.15, 0.2) is 11.5 Å². The van der Waals surface area contributed by atoms with Gasteiger partial charge in [-0.3, -0.25) is 4.79 Å². The third-order valence-corrected chi connectivity index (χ3v) is 5.99. The molecule has 7 heteroatoms. The van der Waals surface area contributed by atoms with Crippen molar-refractivity contribution in [3.63, 3.8) is 0 Å². The Morgan fingerprint density at radius 2 is 2.04 bits per heavy atom. The second-order valence-corrected chi connectivity index (χ2v) is 7.74. The number of amides is 1. The number of nitrogens with one attached hydrogen (secondary N) is 1. The largest absolute Gasteiger partial charge is 0.454 e. The second-order valence-electron chi connectivity index (χ2n) is 6.77. The molecule has 28 heavy (non-hydrogen) atoms. The van der Waals surface area contributed by atoms with Crippen molar-refractivity contribution in [3.8, 4) is 17.6 Å². The van der Waals surface area contributed by atoms with Crippen molar-refractivity contribution in [1.29, 1.82) is 5.26 Å². The molecule has 0 saturated heterocycles. The molecule has 0 atom stereocenters. The fourth-order valence-electron chi connectivity index (χ4n) is 3.69. The first-order chi connectivity index (χ1) is 13.7. The number of ether oxygens (including phenoxy) is 2. The minimum Gasteiger partial charge on any atom is -0.454 e. The van der Waals surface area contributed by atoms with Crippen LogP contribution < -0.4 is 14.8 Å². The number of nitrogens with zero attached hydrogens (tertiary/aromatic N) is 2. The van der Waals surface area contributed by atoms with Gasteiger partial charge in [-0.2, -0.15) is 5.26 Å². The van der Waals surface area contributed by atoms with E-state index in [0.717, 1.165) is 43.4 Å². The van der Waals surface area contributed by atoms with Crippen LogP contribution in [0.3, 0.4) is 0 Å². The number of hydrogen-bond donors (Lipinski definition) is 1. The Kier molecular flexibility index (Phi) is 5.40. The quantitative estimate of drug-likeness (QED) is 0.774. The Morgan fingerprint density at radius 1 is 1.25 bits per heavy atom. The van der Waals surface area contributed by atoms with Crippen LogP contribution in [-0.4, -0.2) is 23.4 Å². The highest BCUT2D eigenvalue weighted by Crippen LogP contribution is 2.35. The highest BCUT2D eigenvalue weighted by Gasteiger charge is 2.22. The fourth-order valence-corrected chi connectivity index (χ4v) is 4.52. The molecule has 2 heterocycles. The highest BCUT2D eigenvalue weighted by atomic mass is 32.2. The van der Waals surface area contributed by atoms with E-state index in [-0.39, 0.29) is 18.5 Å². The second kappa shape index (κ2) is 8.11. The van der Waals surface area contributed by atoms with E-state index in [0.29, 0.717) is 27.8 Å². The summed E-state index contributed by atoms with van der Waals surface area (Å²) >= 11 is 1.33. The van der Waals surface area contributed by atoms with E-state index in [1.165, 1.54) is 17.3 Å². The highest BCUT2D eigenvalue weighted by molar-refractivity contribution is 8.00. The molecule has 6 nitrogen and oxygen atoms in total. The van der Waals surface area contributed by atoms with Gasteiger partial charge in [-0.15, -0.1) is 0 Å². The topological polar surface area (TPSA) is 84.2 Å². The monoisotopic (exact) mass is 395 g/mol. The Morgan fingerprint density at radius 3 is 2.82 bits per heavy atom. The number of hydrogen-bond acceptors (Lipinski definition) is 6.